The first-order valence-electron chi connectivity index (χ1n) is 11.8. The van der Waals surface area contributed by atoms with E-state index in [0.717, 1.165) is 47.5 Å². The summed E-state index contributed by atoms with van der Waals surface area (Å²) in [6, 6.07) is 13.6. The summed E-state index contributed by atoms with van der Waals surface area (Å²) in [7, 11) is 0. The molecule has 0 spiro atoms. The first-order chi connectivity index (χ1) is 17.7. The van der Waals surface area contributed by atoms with Gasteiger partial charge in [-0.1, -0.05) is 18.2 Å². The summed E-state index contributed by atoms with van der Waals surface area (Å²) in [4.78, 5) is 30.7. The number of alkyl halides is 3. The molecule has 2 amide bonds. The average Bonchev–Trinajstić information content (AvgIpc) is 3.58. The van der Waals surface area contributed by atoms with E-state index in [1.165, 1.54) is 28.4 Å². The van der Waals surface area contributed by atoms with Crippen LogP contribution in [0.25, 0.3) is 0 Å². The fraction of sp³-hybridized carbons (Fsp3) is 0.333. The summed E-state index contributed by atoms with van der Waals surface area (Å²) in [5, 5.41) is 1.90. The largest absolute Gasteiger partial charge is 0.416 e. The highest BCUT2D eigenvalue weighted by Crippen LogP contribution is 2.29. The normalized spacial score (nSPS) is 15.5. The fourth-order valence-electron chi connectivity index (χ4n) is 4.13. The van der Waals surface area contributed by atoms with Gasteiger partial charge >= 0.3 is 6.18 Å². The highest BCUT2D eigenvalue weighted by Gasteiger charge is 2.31. The Kier molecular flexibility index (Phi) is 8.60. The maximum atomic E-state index is 13.5. The standard InChI is InChI=1S/C27H26F4N2O3S/c28-22-11-5-19(6-12-22)15-32(17-24-4-2-14-37-24)25(34)18-33(16-23-3-1-13-36-23)26(35)20-7-9-21(10-8-20)27(29,30)31/h2,4-12,14,23H,1,3,13,15-18H2/t23-/m1/s1. The molecule has 10 heteroatoms. The van der Waals surface area contributed by atoms with Crippen LogP contribution in [-0.4, -0.2) is 47.4 Å². The molecular weight excluding hydrogens is 508 g/mol. The number of carbonyl (C=O) groups excluding carboxylic acids is 2. The van der Waals surface area contributed by atoms with Crippen LogP contribution >= 0.6 is 11.3 Å². The van der Waals surface area contributed by atoms with Gasteiger partial charge in [-0.3, -0.25) is 9.59 Å². The van der Waals surface area contributed by atoms with Crippen LogP contribution in [0.15, 0.2) is 66.0 Å². The van der Waals surface area contributed by atoms with Gasteiger partial charge < -0.3 is 14.5 Å². The average molecular weight is 535 g/mol. The lowest BCUT2D eigenvalue weighted by atomic mass is 10.1. The third-order valence-corrected chi connectivity index (χ3v) is 6.95. The molecular formula is C27H26F4N2O3S. The van der Waals surface area contributed by atoms with Crippen LogP contribution in [0.4, 0.5) is 17.6 Å². The van der Waals surface area contributed by atoms with Crippen LogP contribution in [0.3, 0.4) is 0 Å². The molecule has 2 aromatic carbocycles. The third kappa shape index (κ3) is 7.39. The first-order valence-corrected chi connectivity index (χ1v) is 12.7. The molecule has 0 N–H and O–H groups in total. The second kappa shape index (κ2) is 11.9. The Morgan fingerprint density at radius 2 is 1.70 bits per heavy atom. The van der Waals surface area contributed by atoms with E-state index in [4.69, 9.17) is 4.74 Å². The minimum Gasteiger partial charge on any atom is -0.376 e. The molecule has 196 valence electrons. The molecule has 0 unspecified atom stereocenters. The van der Waals surface area contributed by atoms with Gasteiger partial charge in [0.25, 0.3) is 5.91 Å². The van der Waals surface area contributed by atoms with E-state index < -0.39 is 17.6 Å². The van der Waals surface area contributed by atoms with E-state index in [9.17, 15) is 27.2 Å². The summed E-state index contributed by atoms with van der Waals surface area (Å²) in [5.74, 6) is -1.27. The molecule has 1 aliphatic rings. The number of carbonyl (C=O) groups is 2. The number of hydrogen-bond acceptors (Lipinski definition) is 4. The maximum absolute atomic E-state index is 13.5. The first kappa shape index (κ1) is 26.8. The summed E-state index contributed by atoms with van der Waals surface area (Å²) in [6.07, 6.45) is -3.22. The number of amides is 2. The van der Waals surface area contributed by atoms with Crippen molar-refractivity contribution in [1.82, 2.24) is 9.80 Å². The second-order valence-corrected chi connectivity index (χ2v) is 9.88. The SMILES string of the molecule is O=C(CN(C[C@H]1CCCO1)C(=O)c1ccc(C(F)(F)F)cc1)N(Cc1ccc(F)cc1)Cc1cccs1. The molecule has 1 aromatic heterocycles. The van der Waals surface area contributed by atoms with Crippen LogP contribution in [0.1, 0.15) is 39.2 Å². The van der Waals surface area contributed by atoms with Crippen molar-refractivity contribution in [2.45, 2.75) is 38.2 Å². The van der Waals surface area contributed by atoms with Gasteiger partial charge in [0.05, 0.1) is 18.2 Å². The summed E-state index contributed by atoms with van der Waals surface area (Å²) in [6.45, 7) is 0.937. The number of hydrogen-bond donors (Lipinski definition) is 0. The zero-order chi connectivity index (χ0) is 26.4. The van der Waals surface area contributed by atoms with Crippen LogP contribution in [0, 0.1) is 5.82 Å². The topological polar surface area (TPSA) is 49.9 Å². The van der Waals surface area contributed by atoms with Crippen molar-refractivity contribution in [3.05, 3.63) is 93.4 Å². The predicted molar refractivity (Wildman–Crippen MR) is 131 cm³/mol. The lowest BCUT2D eigenvalue weighted by molar-refractivity contribution is -0.137. The molecule has 4 rings (SSSR count). The van der Waals surface area contributed by atoms with Gasteiger partial charge in [-0.2, -0.15) is 13.2 Å². The van der Waals surface area contributed by atoms with Gasteiger partial charge in [-0.05, 0) is 66.2 Å². The van der Waals surface area contributed by atoms with Crippen molar-refractivity contribution in [3.63, 3.8) is 0 Å². The number of ether oxygens (including phenoxy) is 1. The molecule has 0 aliphatic carbocycles. The summed E-state index contributed by atoms with van der Waals surface area (Å²) >= 11 is 1.49. The lowest BCUT2D eigenvalue weighted by Gasteiger charge is -2.29. The Morgan fingerprint density at radius 3 is 2.30 bits per heavy atom. The molecule has 1 atom stereocenters. The monoisotopic (exact) mass is 534 g/mol. The van der Waals surface area contributed by atoms with Gasteiger partial charge in [0.1, 0.15) is 12.4 Å². The zero-order valence-corrected chi connectivity index (χ0v) is 20.7. The molecule has 1 fully saturated rings. The van der Waals surface area contributed by atoms with Crippen molar-refractivity contribution in [3.8, 4) is 0 Å². The van der Waals surface area contributed by atoms with Crippen LogP contribution in [0.5, 0.6) is 0 Å². The molecule has 3 aromatic rings. The number of thiophene rings is 1. The van der Waals surface area contributed by atoms with E-state index in [1.807, 2.05) is 17.5 Å². The predicted octanol–water partition coefficient (Wildman–Crippen LogP) is 5.76. The third-order valence-electron chi connectivity index (χ3n) is 6.09. The van der Waals surface area contributed by atoms with Gasteiger partial charge in [0, 0.05) is 30.1 Å². The van der Waals surface area contributed by atoms with E-state index >= 15 is 0 Å². The Morgan fingerprint density at radius 1 is 0.973 bits per heavy atom. The highest BCUT2D eigenvalue weighted by atomic mass is 32.1. The lowest BCUT2D eigenvalue weighted by Crippen LogP contribution is -2.45. The molecule has 0 radical (unpaired) electrons. The van der Waals surface area contributed by atoms with E-state index in [-0.39, 0.29) is 43.0 Å². The molecule has 1 aliphatic heterocycles. The van der Waals surface area contributed by atoms with Crippen molar-refractivity contribution in [2.24, 2.45) is 0 Å². The summed E-state index contributed by atoms with van der Waals surface area (Å²) in [5.41, 5.74) is -0.0691. The van der Waals surface area contributed by atoms with E-state index in [1.54, 1.807) is 17.0 Å². The van der Waals surface area contributed by atoms with Crippen molar-refractivity contribution < 1.29 is 31.9 Å². The molecule has 37 heavy (non-hydrogen) atoms. The second-order valence-electron chi connectivity index (χ2n) is 8.85. The van der Waals surface area contributed by atoms with E-state index in [0.29, 0.717) is 13.2 Å². The smallest absolute Gasteiger partial charge is 0.376 e. The van der Waals surface area contributed by atoms with Crippen LogP contribution < -0.4 is 0 Å². The number of benzene rings is 2. The Labute approximate surface area is 216 Å². The Hall–Kier alpha value is -3.24. The molecule has 1 saturated heterocycles. The maximum Gasteiger partial charge on any atom is 0.416 e. The number of rotatable bonds is 9. The molecule has 2 heterocycles. The van der Waals surface area contributed by atoms with Crippen molar-refractivity contribution in [1.29, 1.82) is 0 Å². The number of nitrogens with zero attached hydrogens (tertiary/aromatic N) is 2. The highest BCUT2D eigenvalue weighted by molar-refractivity contribution is 7.09. The fourth-order valence-corrected chi connectivity index (χ4v) is 4.85. The van der Waals surface area contributed by atoms with Gasteiger partial charge in [-0.25, -0.2) is 4.39 Å². The molecule has 5 nitrogen and oxygen atoms in total. The van der Waals surface area contributed by atoms with Crippen LogP contribution in [0.2, 0.25) is 0 Å². The minimum atomic E-state index is -4.52. The summed E-state index contributed by atoms with van der Waals surface area (Å²) < 4.78 is 58.0. The Bertz CT molecular complexity index is 1180. The van der Waals surface area contributed by atoms with E-state index in [2.05, 4.69) is 0 Å². The molecule has 0 bridgehead atoms. The van der Waals surface area contributed by atoms with Crippen molar-refractivity contribution >= 4 is 23.2 Å². The van der Waals surface area contributed by atoms with Crippen molar-refractivity contribution in [2.75, 3.05) is 19.7 Å². The zero-order valence-electron chi connectivity index (χ0n) is 19.9. The minimum absolute atomic E-state index is 0.0575. The van der Waals surface area contributed by atoms with Gasteiger partial charge in [0.15, 0.2) is 0 Å². The van der Waals surface area contributed by atoms with Gasteiger partial charge in [0.2, 0.25) is 5.91 Å². The Balaban J connectivity index is 1.55. The van der Waals surface area contributed by atoms with Gasteiger partial charge in [-0.15, -0.1) is 11.3 Å². The molecule has 0 saturated carbocycles. The quantitative estimate of drug-likeness (QED) is 0.328. The van der Waals surface area contributed by atoms with Crippen LogP contribution in [-0.2, 0) is 28.8 Å². The number of halogens is 4.